The Labute approximate surface area is 81.6 Å². The van der Waals surface area contributed by atoms with Gasteiger partial charge in [-0.2, -0.15) is 0 Å². The third-order valence-corrected chi connectivity index (χ3v) is 2.26. The summed E-state index contributed by atoms with van der Waals surface area (Å²) in [7, 11) is 0. The van der Waals surface area contributed by atoms with Gasteiger partial charge in [-0.1, -0.05) is 30.3 Å². The maximum absolute atomic E-state index is 13.4. The van der Waals surface area contributed by atoms with Crippen LogP contribution >= 0.6 is 0 Å². The molecule has 1 aliphatic rings. The lowest BCUT2D eigenvalue weighted by atomic mass is 9.98. The van der Waals surface area contributed by atoms with Crippen LogP contribution in [-0.4, -0.2) is 0 Å². The normalized spacial score (nSPS) is 16.9. The molecular formula is C12H10F2. The lowest BCUT2D eigenvalue weighted by Crippen LogP contribution is -1.94. The Kier molecular flexibility index (Phi) is 2.44. The Hall–Kier alpha value is -1.44. The molecular weight excluding hydrogens is 182 g/mol. The first-order valence-electron chi connectivity index (χ1n) is 4.59. The van der Waals surface area contributed by atoms with Crippen molar-refractivity contribution in [3.05, 3.63) is 53.6 Å². The minimum absolute atomic E-state index is 0.122. The van der Waals surface area contributed by atoms with E-state index in [4.69, 9.17) is 0 Å². The van der Waals surface area contributed by atoms with Crippen molar-refractivity contribution in [2.75, 3.05) is 0 Å². The summed E-state index contributed by atoms with van der Waals surface area (Å²) in [5, 5.41) is 0. The Bertz CT molecular complexity index is 388. The number of allylic oxidation sites excluding steroid dienone is 4. The van der Waals surface area contributed by atoms with Crippen LogP contribution in [-0.2, 0) is 0 Å². The van der Waals surface area contributed by atoms with E-state index in [0.717, 1.165) is 0 Å². The van der Waals surface area contributed by atoms with E-state index in [1.165, 1.54) is 6.08 Å². The fraction of sp³-hybridized carbons (Fsp3) is 0.167. The highest BCUT2D eigenvalue weighted by atomic mass is 19.1. The maximum Gasteiger partial charge on any atom is 0.129 e. The molecule has 0 saturated heterocycles. The molecule has 0 bridgehead atoms. The summed E-state index contributed by atoms with van der Waals surface area (Å²) >= 11 is 0. The highest BCUT2D eigenvalue weighted by Gasteiger charge is 2.17. The molecule has 1 aliphatic carbocycles. The Morgan fingerprint density at radius 2 is 1.71 bits per heavy atom. The van der Waals surface area contributed by atoms with Crippen LogP contribution in [0.15, 0.2) is 48.1 Å². The monoisotopic (exact) mass is 192 g/mol. The standard InChI is InChI=1S/C12H10F2/c13-10-7-4-8-11(14)12(10)9-5-2-1-3-6-9/h1-3,5-7H,4,8H2. The van der Waals surface area contributed by atoms with Gasteiger partial charge in [0.05, 0.1) is 0 Å². The average Bonchev–Trinajstić information content (AvgIpc) is 2.19. The molecule has 0 saturated carbocycles. The van der Waals surface area contributed by atoms with Crippen molar-refractivity contribution >= 4 is 5.57 Å². The molecule has 0 radical (unpaired) electrons. The minimum atomic E-state index is -0.444. The molecule has 72 valence electrons. The molecule has 0 nitrogen and oxygen atoms in total. The second kappa shape index (κ2) is 3.74. The smallest absolute Gasteiger partial charge is 0.129 e. The van der Waals surface area contributed by atoms with Crippen molar-refractivity contribution in [3.63, 3.8) is 0 Å². The van der Waals surface area contributed by atoms with E-state index in [9.17, 15) is 8.78 Å². The van der Waals surface area contributed by atoms with Gasteiger partial charge in [-0.15, -0.1) is 0 Å². The summed E-state index contributed by atoms with van der Waals surface area (Å²) < 4.78 is 26.7. The van der Waals surface area contributed by atoms with Gasteiger partial charge < -0.3 is 0 Å². The number of rotatable bonds is 1. The van der Waals surface area contributed by atoms with Gasteiger partial charge in [0, 0.05) is 12.0 Å². The topological polar surface area (TPSA) is 0 Å². The van der Waals surface area contributed by atoms with Crippen molar-refractivity contribution in [1.82, 2.24) is 0 Å². The molecule has 14 heavy (non-hydrogen) atoms. The van der Waals surface area contributed by atoms with Gasteiger partial charge in [0.15, 0.2) is 0 Å². The van der Waals surface area contributed by atoms with Crippen LogP contribution in [0.25, 0.3) is 5.57 Å². The van der Waals surface area contributed by atoms with E-state index in [0.29, 0.717) is 18.4 Å². The van der Waals surface area contributed by atoms with Gasteiger partial charge in [-0.3, -0.25) is 0 Å². The van der Waals surface area contributed by atoms with Gasteiger partial charge >= 0.3 is 0 Å². The van der Waals surface area contributed by atoms with Crippen LogP contribution in [0.4, 0.5) is 8.78 Å². The minimum Gasteiger partial charge on any atom is -0.211 e. The fourth-order valence-electron chi connectivity index (χ4n) is 1.58. The summed E-state index contributed by atoms with van der Waals surface area (Å²) in [6.07, 6.45) is 2.19. The zero-order valence-electron chi connectivity index (χ0n) is 7.63. The number of halogens is 2. The molecule has 2 heteroatoms. The molecule has 0 heterocycles. The molecule has 1 aromatic rings. The van der Waals surface area contributed by atoms with Crippen LogP contribution in [0.1, 0.15) is 18.4 Å². The van der Waals surface area contributed by atoms with Gasteiger partial charge in [-0.25, -0.2) is 8.78 Å². The fourth-order valence-corrected chi connectivity index (χ4v) is 1.58. The van der Waals surface area contributed by atoms with Crippen molar-refractivity contribution in [3.8, 4) is 0 Å². The van der Waals surface area contributed by atoms with E-state index >= 15 is 0 Å². The highest BCUT2D eigenvalue weighted by molar-refractivity contribution is 5.79. The first kappa shape index (κ1) is 9.13. The first-order chi connectivity index (χ1) is 6.79. The van der Waals surface area contributed by atoms with Crippen LogP contribution in [0.3, 0.4) is 0 Å². The summed E-state index contributed by atoms with van der Waals surface area (Å²) in [6.45, 7) is 0. The molecule has 0 atom stereocenters. The maximum atomic E-state index is 13.4. The second-order valence-corrected chi connectivity index (χ2v) is 3.24. The molecule has 0 unspecified atom stereocenters. The largest absolute Gasteiger partial charge is 0.211 e. The third-order valence-electron chi connectivity index (χ3n) is 2.26. The van der Waals surface area contributed by atoms with Crippen molar-refractivity contribution in [1.29, 1.82) is 0 Å². The first-order valence-corrected chi connectivity index (χ1v) is 4.59. The van der Waals surface area contributed by atoms with Gasteiger partial charge in [0.1, 0.15) is 11.7 Å². The Morgan fingerprint density at radius 3 is 2.36 bits per heavy atom. The molecule has 0 amide bonds. The molecule has 0 N–H and O–H groups in total. The average molecular weight is 192 g/mol. The summed E-state index contributed by atoms with van der Waals surface area (Å²) in [5.74, 6) is -0.795. The quantitative estimate of drug-likeness (QED) is 0.630. The van der Waals surface area contributed by atoms with E-state index in [2.05, 4.69) is 0 Å². The molecule has 0 aliphatic heterocycles. The third kappa shape index (κ3) is 1.60. The van der Waals surface area contributed by atoms with E-state index in [1.807, 2.05) is 6.07 Å². The summed E-state index contributed by atoms with van der Waals surface area (Å²) in [5.41, 5.74) is 0.732. The van der Waals surface area contributed by atoms with Gasteiger partial charge in [-0.05, 0) is 18.1 Å². The highest BCUT2D eigenvalue weighted by Crippen LogP contribution is 2.34. The molecule has 1 aromatic carbocycles. The summed E-state index contributed by atoms with van der Waals surface area (Å²) in [6, 6.07) is 8.81. The number of hydrogen-bond acceptors (Lipinski definition) is 0. The lowest BCUT2D eigenvalue weighted by Gasteiger charge is -2.11. The lowest BCUT2D eigenvalue weighted by molar-refractivity contribution is 0.568. The second-order valence-electron chi connectivity index (χ2n) is 3.24. The van der Waals surface area contributed by atoms with Crippen LogP contribution in [0.2, 0.25) is 0 Å². The number of benzene rings is 1. The predicted molar refractivity (Wildman–Crippen MR) is 52.9 cm³/mol. The molecule has 0 fully saturated rings. The molecule has 0 spiro atoms. The van der Waals surface area contributed by atoms with Crippen LogP contribution in [0, 0.1) is 0 Å². The van der Waals surface area contributed by atoms with Gasteiger partial charge in [0.2, 0.25) is 0 Å². The van der Waals surface area contributed by atoms with E-state index in [1.54, 1.807) is 24.3 Å². The van der Waals surface area contributed by atoms with Crippen molar-refractivity contribution < 1.29 is 8.78 Å². The molecule has 2 rings (SSSR count). The predicted octanol–water partition coefficient (Wildman–Crippen LogP) is 4.01. The zero-order valence-corrected chi connectivity index (χ0v) is 7.63. The van der Waals surface area contributed by atoms with E-state index in [-0.39, 0.29) is 11.4 Å². The number of hydrogen-bond donors (Lipinski definition) is 0. The van der Waals surface area contributed by atoms with Crippen molar-refractivity contribution in [2.24, 2.45) is 0 Å². The van der Waals surface area contributed by atoms with Gasteiger partial charge in [0.25, 0.3) is 0 Å². The summed E-state index contributed by atoms with van der Waals surface area (Å²) in [4.78, 5) is 0. The van der Waals surface area contributed by atoms with Crippen LogP contribution in [0.5, 0.6) is 0 Å². The Balaban J connectivity index is 2.48. The zero-order chi connectivity index (χ0) is 9.97. The van der Waals surface area contributed by atoms with Crippen molar-refractivity contribution in [2.45, 2.75) is 12.8 Å². The molecule has 0 aromatic heterocycles. The SMILES string of the molecule is FC1=CCCC(F)=C1c1ccccc1. The van der Waals surface area contributed by atoms with E-state index < -0.39 is 5.83 Å². The van der Waals surface area contributed by atoms with Crippen LogP contribution < -0.4 is 0 Å². The Morgan fingerprint density at radius 1 is 1.00 bits per heavy atom.